The second-order valence-electron chi connectivity index (χ2n) is 10.0. The van der Waals surface area contributed by atoms with Crippen LogP contribution in [0.4, 0.5) is 24.5 Å². The van der Waals surface area contributed by atoms with Gasteiger partial charge in [0.25, 0.3) is 5.91 Å². The number of aryl methyl sites for hydroxylation is 1. The van der Waals surface area contributed by atoms with Crippen LogP contribution in [-0.2, 0) is 9.59 Å². The van der Waals surface area contributed by atoms with Crippen LogP contribution < -0.4 is 14.5 Å². The van der Waals surface area contributed by atoms with Gasteiger partial charge >= 0.3 is 6.18 Å². The average molecular weight is 585 g/mol. The van der Waals surface area contributed by atoms with Crippen LogP contribution in [0.15, 0.2) is 43.2 Å². The van der Waals surface area contributed by atoms with E-state index in [1.165, 1.54) is 17.2 Å². The molecule has 2 aliphatic heterocycles. The number of carbonyl (C=O) groups is 2. The number of halogens is 4. The number of nitrogens with one attached hydrogen (secondary N) is 1. The fraction of sp³-hybridized carbons (Fsp3) is 0.286. The second kappa shape index (κ2) is 9.65. The van der Waals surface area contributed by atoms with Crippen molar-refractivity contribution in [3.63, 3.8) is 0 Å². The highest BCUT2D eigenvalue weighted by molar-refractivity contribution is 6.36. The van der Waals surface area contributed by atoms with Crippen molar-refractivity contribution >= 4 is 56.6 Å². The Kier molecular flexibility index (Phi) is 6.33. The molecule has 212 valence electrons. The van der Waals surface area contributed by atoms with Crippen LogP contribution in [0.3, 0.4) is 0 Å². The smallest absolute Gasteiger partial charge is 0.422 e. The maximum absolute atomic E-state index is 13.5. The molecule has 0 aliphatic carbocycles. The first-order chi connectivity index (χ1) is 19.5. The van der Waals surface area contributed by atoms with Crippen molar-refractivity contribution < 1.29 is 27.5 Å². The van der Waals surface area contributed by atoms with E-state index in [1.54, 1.807) is 24.2 Å². The molecule has 2 amide bonds. The summed E-state index contributed by atoms with van der Waals surface area (Å²) >= 11 is 6.92. The molecule has 2 aromatic heterocycles. The van der Waals surface area contributed by atoms with Crippen LogP contribution >= 0.6 is 11.6 Å². The van der Waals surface area contributed by atoms with E-state index in [9.17, 15) is 22.8 Å². The largest absolute Gasteiger partial charge is 0.481 e. The molecular weight excluding hydrogens is 561 g/mol. The van der Waals surface area contributed by atoms with Crippen molar-refractivity contribution in [1.29, 1.82) is 0 Å². The third kappa shape index (κ3) is 4.33. The summed E-state index contributed by atoms with van der Waals surface area (Å²) in [6.07, 6.45) is -0.381. The number of rotatable bonds is 4. The van der Waals surface area contributed by atoms with Crippen molar-refractivity contribution in [3.8, 4) is 16.9 Å². The number of carbonyl (C=O) groups excluding carboxylic acids is 2. The average Bonchev–Trinajstić information content (AvgIpc) is 3.42. The summed E-state index contributed by atoms with van der Waals surface area (Å²) in [6, 6.07) is 4.58. The van der Waals surface area contributed by atoms with Gasteiger partial charge in [0.05, 0.1) is 40.9 Å². The first-order valence-electron chi connectivity index (χ1n) is 12.7. The van der Waals surface area contributed by atoms with Gasteiger partial charge in [0, 0.05) is 42.0 Å². The molecule has 2 aromatic carbocycles. The number of fused-ring (bicyclic) bond motifs is 6. The van der Waals surface area contributed by atoms with E-state index in [1.807, 2.05) is 24.0 Å². The van der Waals surface area contributed by atoms with Gasteiger partial charge in [-0.25, -0.2) is 4.98 Å². The fourth-order valence-electron chi connectivity index (χ4n) is 5.72. The summed E-state index contributed by atoms with van der Waals surface area (Å²) in [7, 11) is 1.60. The maximum Gasteiger partial charge on any atom is 0.422 e. The highest BCUT2D eigenvalue weighted by atomic mass is 35.5. The van der Waals surface area contributed by atoms with Crippen LogP contribution in [-0.4, -0.2) is 77.4 Å². The van der Waals surface area contributed by atoms with E-state index >= 15 is 0 Å². The van der Waals surface area contributed by atoms with E-state index in [0.717, 1.165) is 5.56 Å². The summed E-state index contributed by atoms with van der Waals surface area (Å²) in [6.45, 7) is 4.56. The summed E-state index contributed by atoms with van der Waals surface area (Å²) in [5, 5.41) is 8.22. The Labute approximate surface area is 237 Å². The number of anilines is 2. The molecule has 0 saturated carbocycles. The van der Waals surface area contributed by atoms with E-state index in [0.29, 0.717) is 46.3 Å². The van der Waals surface area contributed by atoms with E-state index < -0.39 is 18.8 Å². The molecule has 0 spiro atoms. The second-order valence-corrected chi connectivity index (χ2v) is 10.4. The topological polar surface area (TPSA) is 94.7 Å². The number of nitrogens with zero attached hydrogens (tertiary/aromatic N) is 5. The Morgan fingerprint density at radius 2 is 2.02 bits per heavy atom. The molecule has 41 heavy (non-hydrogen) atoms. The van der Waals surface area contributed by atoms with Gasteiger partial charge in [-0.15, -0.1) is 0 Å². The lowest BCUT2D eigenvalue weighted by molar-refractivity contribution is -0.153. The van der Waals surface area contributed by atoms with Gasteiger partial charge in [-0.05, 0) is 30.7 Å². The number of aromatic amines is 1. The molecule has 2 aliphatic rings. The molecule has 6 rings (SSSR count). The lowest BCUT2D eigenvalue weighted by Crippen LogP contribution is -2.62. The Morgan fingerprint density at radius 3 is 2.76 bits per heavy atom. The Bertz CT molecular complexity index is 1750. The normalized spacial score (nSPS) is 17.2. The standard InChI is InChI=1S/C28H24ClF3N6O3/c1-4-21(39)37-7-8-38-20(12-37)27(40)36(3)19-11-33-24-15(25(19)38)9-17(29)23(26(24)41-13-28(30,31)32)22-14(2)5-6-18-16(22)10-34-35-18/h4-6,9-11,20H,1,7-8,12-13H2,2-3H3,(H,34,35)/t20-/m1/s1. The third-order valence-electron chi connectivity index (χ3n) is 7.61. The fourth-order valence-corrected chi connectivity index (χ4v) is 6.01. The van der Waals surface area contributed by atoms with Gasteiger partial charge in [0.1, 0.15) is 11.6 Å². The Balaban J connectivity index is 1.61. The summed E-state index contributed by atoms with van der Waals surface area (Å²) in [5.41, 5.74) is 3.48. The van der Waals surface area contributed by atoms with Crippen LogP contribution in [0.25, 0.3) is 32.9 Å². The molecule has 0 radical (unpaired) electrons. The Hall–Kier alpha value is -4.32. The number of amides is 2. The van der Waals surface area contributed by atoms with Crippen molar-refractivity contribution in [2.45, 2.75) is 19.1 Å². The van der Waals surface area contributed by atoms with Crippen molar-refractivity contribution in [1.82, 2.24) is 20.1 Å². The molecule has 4 aromatic rings. The van der Waals surface area contributed by atoms with E-state index in [2.05, 4.69) is 21.8 Å². The number of H-pyrrole nitrogens is 1. The minimum absolute atomic E-state index is 0.124. The number of likely N-dealkylation sites (N-methyl/N-ethyl adjacent to an activating group) is 1. The number of benzene rings is 2. The summed E-state index contributed by atoms with van der Waals surface area (Å²) in [5.74, 6) is -0.649. The maximum atomic E-state index is 13.5. The van der Waals surface area contributed by atoms with Crippen molar-refractivity contribution in [2.75, 3.05) is 43.1 Å². The predicted molar refractivity (Wildman–Crippen MR) is 149 cm³/mol. The molecule has 1 fully saturated rings. The van der Waals surface area contributed by atoms with Gasteiger partial charge in [-0.3, -0.25) is 14.7 Å². The number of aromatic nitrogens is 3. The summed E-state index contributed by atoms with van der Waals surface area (Å²) in [4.78, 5) is 35.0. The van der Waals surface area contributed by atoms with Crippen molar-refractivity contribution in [2.24, 2.45) is 0 Å². The van der Waals surface area contributed by atoms with E-state index in [-0.39, 0.29) is 40.2 Å². The molecular formula is C28H24ClF3N6O3. The van der Waals surface area contributed by atoms with Gasteiger partial charge < -0.3 is 19.4 Å². The highest BCUT2D eigenvalue weighted by Crippen LogP contribution is 2.50. The number of pyridine rings is 1. The van der Waals surface area contributed by atoms with Gasteiger partial charge in [0.15, 0.2) is 12.4 Å². The predicted octanol–water partition coefficient (Wildman–Crippen LogP) is 4.86. The molecule has 1 atom stereocenters. The lowest BCUT2D eigenvalue weighted by atomic mass is 9.93. The quantitative estimate of drug-likeness (QED) is 0.344. The SMILES string of the molecule is C=CC(=O)N1CCN2c3c(cnc4c(OCC(F)(F)F)c(-c5c(C)ccc6[nH]ncc56)c(Cl)cc34)N(C)C(=O)[C@H]2C1. The molecule has 1 N–H and O–H groups in total. The minimum atomic E-state index is -4.62. The molecule has 13 heteroatoms. The van der Waals surface area contributed by atoms with Crippen LogP contribution in [0, 0.1) is 6.92 Å². The van der Waals surface area contributed by atoms with E-state index in [4.69, 9.17) is 16.3 Å². The zero-order chi connectivity index (χ0) is 29.2. The number of alkyl halides is 3. The number of piperazine rings is 1. The first-order valence-corrected chi connectivity index (χ1v) is 13.1. The lowest BCUT2D eigenvalue weighted by Gasteiger charge is -2.47. The molecule has 1 saturated heterocycles. The molecule has 0 bridgehead atoms. The van der Waals surface area contributed by atoms with Gasteiger partial charge in [-0.2, -0.15) is 18.3 Å². The molecule has 0 unspecified atom stereocenters. The first kappa shape index (κ1) is 26.9. The van der Waals surface area contributed by atoms with Crippen LogP contribution in [0.2, 0.25) is 5.02 Å². The van der Waals surface area contributed by atoms with Gasteiger partial charge in [0.2, 0.25) is 5.91 Å². The van der Waals surface area contributed by atoms with Crippen LogP contribution in [0.5, 0.6) is 5.75 Å². The monoisotopic (exact) mass is 584 g/mol. The third-order valence-corrected chi connectivity index (χ3v) is 7.91. The zero-order valence-electron chi connectivity index (χ0n) is 22.0. The van der Waals surface area contributed by atoms with Gasteiger partial charge in [-0.1, -0.05) is 24.2 Å². The van der Waals surface area contributed by atoms with Crippen LogP contribution in [0.1, 0.15) is 5.56 Å². The zero-order valence-corrected chi connectivity index (χ0v) is 22.8. The number of hydrogen-bond acceptors (Lipinski definition) is 6. The van der Waals surface area contributed by atoms with Crippen molar-refractivity contribution in [3.05, 3.63) is 53.8 Å². The molecule has 4 heterocycles. The number of ether oxygens (including phenoxy) is 1. The Morgan fingerprint density at radius 1 is 1.24 bits per heavy atom. The highest BCUT2D eigenvalue weighted by Gasteiger charge is 2.42. The minimum Gasteiger partial charge on any atom is -0.481 e. The number of hydrogen-bond donors (Lipinski definition) is 1. The molecule has 9 nitrogen and oxygen atoms in total. The summed E-state index contributed by atoms with van der Waals surface area (Å²) < 4.78 is 46.0.